The largest absolute Gasteiger partial charge is 0.308 e. The molecule has 0 saturated heterocycles. The lowest BCUT2D eigenvalue weighted by molar-refractivity contribution is 0.863. The van der Waals surface area contributed by atoms with Crippen molar-refractivity contribution in [1.29, 1.82) is 0 Å². The molecule has 2 nitrogen and oxygen atoms in total. The van der Waals surface area contributed by atoms with Crippen molar-refractivity contribution >= 4 is 119 Å². The summed E-state index contributed by atoms with van der Waals surface area (Å²) in [5, 5.41) is 20.5. The number of aryl methyl sites for hydroxylation is 5. The second-order valence-electron chi connectivity index (χ2n) is 22.3. The predicted octanol–water partition coefficient (Wildman–Crippen LogP) is 20.3. The number of benzene rings is 12. The van der Waals surface area contributed by atoms with Crippen molar-refractivity contribution in [1.82, 2.24) is 8.80 Å². The average Bonchev–Trinajstić information content (AvgIpc) is 4.10. The Kier molecular flexibility index (Phi) is 8.32. The number of hydrogen-bond donors (Lipinski definition) is 0. The molecule has 16 aromatic rings. The van der Waals surface area contributed by atoms with Gasteiger partial charge in [0.15, 0.2) is 0 Å². The van der Waals surface area contributed by atoms with Crippen molar-refractivity contribution < 1.29 is 0 Å². The van der Waals surface area contributed by atoms with Crippen LogP contribution < -0.4 is 0 Å². The van der Waals surface area contributed by atoms with Crippen molar-refractivity contribution in [2.45, 2.75) is 54.4 Å². The fraction of sp³-hybridized carbons (Fsp3) is 0.111. The topological polar surface area (TPSA) is 8.82 Å². The van der Waals surface area contributed by atoms with Crippen LogP contribution in [0.25, 0.3) is 153 Å². The molecule has 350 valence electrons. The molecule has 4 aromatic heterocycles. The lowest BCUT2D eigenvalue weighted by atomic mass is 9.89. The van der Waals surface area contributed by atoms with E-state index in [2.05, 4.69) is 239 Å². The minimum Gasteiger partial charge on any atom is -0.308 e. The third kappa shape index (κ3) is 5.71. The molecule has 0 fully saturated rings. The van der Waals surface area contributed by atoms with E-state index < -0.39 is 0 Å². The summed E-state index contributed by atoms with van der Waals surface area (Å²) in [6, 6.07) is 70.6. The van der Waals surface area contributed by atoms with E-state index in [1.165, 1.54) is 186 Å². The highest BCUT2D eigenvalue weighted by atomic mass is 14.9. The highest BCUT2D eigenvalue weighted by Gasteiger charge is 2.24. The maximum absolute atomic E-state index is 2.55. The van der Waals surface area contributed by atoms with Gasteiger partial charge in [0.2, 0.25) is 0 Å². The molecule has 0 aliphatic carbocycles. The third-order valence-corrected chi connectivity index (χ3v) is 17.2. The molecule has 0 saturated carbocycles. The average molecular weight is 945 g/mol. The predicted molar refractivity (Wildman–Crippen MR) is 320 cm³/mol. The first-order valence-electron chi connectivity index (χ1n) is 26.4. The van der Waals surface area contributed by atoms with Crippen LogP contribution >= 0.6 is 0 Å². The quantitative estimate of drug-likeness (QED) is 0.166. The normalized spacial score (nSPS) is 12.6. The standard InChI is InChI=1S/C72H52N2/c1-38(2)52-22-42(6)70(43(7)23-52)56-32-62-58-27-45-13-9-11-15-47(45)35-66(58)74-68-37-51-19-17-49(25-54(51)29-60(68)64(33-56)72(62)74)48-16-18-50-36-67-59(28-53(50)24-48)63-31-55(69-40(4)20-39(3)21-41(69)5)30-61-57-26-44-12-8-10-14-46(44)34-65(57)73(67)71(61)63/h8-38H,1-7H3. The Balaban J connectivity index is 0.900. The summed E-state index contributed by atoms with van der Waals surface area (Å²) in [5.74, 6) is 0.479. The van der Waals surface area contributed by atoms with Crippen molar-refractivity contribution in [2.24, 2.45) is 0 Å². The van der Waals surface area contributed by atoms with Gasteiger partial charge in [-0.3, -0.25) is 0 Å². The number of rotatable bonds is 4. The Morgan fingerprint density at radius 1 is 0.284 bits per heavy atom. The lowest BCUT2D eigenvalue weighted by Gasteiger charge is -2.15. The first kappa shape index (κ1) is 41.9. The second kappa shape index (κ2) is 14.7. The van der Waals surface area contributed by atoms with E-state index in [0.29, 0.717) is 5.92 Å². The zero-order valence-electron chi connectivity index (χ0n) is 42.8. The van der Waals surface area contributed by atoms with Crippen LogP contribution in [0.3, 0.4) is 0 Å². The van der Waals surface area contributed by atoms with E-state index in [1.807, 2.05) is 0 Å². The number of fused-ring (bicyclic) bond motifs is 16. The van der Waals surface area contributed by atoms with Crippen LogP contribution in [0.4, 0.5) is 0 Å². The van der Waals surface area contributed by atoms with Crippen LogP contribution in [0.15, 0.2) is 182 Å². The van der Waals surface area contributed by atoms with Gasteiger partial charge >= 0.3 is 0 Å². The van der Waals surface area contributed by atoms with Crippen LogP contribution in [0.2, 0.25) is 0 Å². The van der Waals surface area contributed by atoms with Gasteiger partial charge in [-0.25, -0.2) is 0 Å². The smallest absolute Gasteiger partial charge is 0.0620 e. The summed E-state index contributed by atoms with van der Waals surface area (Å²) >= 11 is 0. The highest BCUT2D eigenvalue weighted by Crippen LogP contribution is 2.48. The Hall–Kier alpha value is -8.72. The van der Waals surface area contributed by atoms with Gasteiger partial charge in [-0.15, -0.1) is 0 Å². The van der Waals surface area contributed by atoms with Crippen molar-refractivity contribution in [3.8, 4) is 33.4 Å². The van der Waals surface area contributed by atoms with Crippen LogP contribution in [-0.2, 0) is 0 Å². The molecule has 0 bridgehead atoms. The fourth-order valence-corrected chi connectivity index (χ4v) is 14.0. The summed E-state index contributed by atoms with van der Waals surface area (Å²) in [7, 11) is 0. The lowest BCUT2D eigenvalue weighted by Crippen LogP contribution is -1.94. The van der Waals surface area contributed by atoms with E-state index in [-0.39, 0.29) is 0 Å². The van der Waals surface area contributed by atoms with Gasteiger partial charge in [0.25, 0.3) is 0 Å². The summed E-state index contributed by atoms with van der Waals surface area (Å²) in [4.78, 5) is 0. The van der Waals surface area contributed by atoms with Gasteiger partial charge in [0, 0.05) is 43.1 Å². The minimum absolute atomic E-state index is 0.479. The van der Waals surface area contributed by atoms with E-state index >= 15 is 0 Å². The summed E-state index contributed by atoms with van der Waals surface area (Å²) in [5.41, 5.74) is 23.4. The maximum atomic E-state index is 2.55. The first-order chi connectivity index (χ1) is 36.0. The molecule has 2 heteroatoms. The second-order valence-corrected chi connectivity index (χ2v) is 22.3. The van der Waals surface area contributed by atoms with E-state index in [9.17, 15) is 0 Å². The van der Waals surface area contributed by atoms with Gasteiger partial charge < -0.3 is 8.80 Å². The molecule has 0 N–H and O–H groups in total. The third-order valence-electron chi connectivity index (χ3n) is 17.2. The van der Waals surface area contributed by atoms with E-state index in [4.69, 9.17) is 0 Å². The van der Waals surface area contributed by atoms with Crippen molar-refractivity contribution in [3.63, 3.8) is 0 Å². The number of hydrogen-bond acceptors (Lipinski definition) is 0. The Morgan fingerprint density at radius 2 is 0.608 bits per heavy atom. The zero-order chi connectivity index (χ0) is 49.6. The Morgan fingerprint density at radius 3 is 0.973 bits per heavy atom. The van der Waals surface area contributed by atoms with Crippen LogP contribution in [-0.4, -0.2) is 8.80 Å². The molecule has 4 heterocycles. The molecular formula is C72H52N2. The van der Waals surface area contributed by atoms with Gasteiger partial charge in [0.05, 0.1) is 33.1 Å². The van der Waals surface area contributed by atoms with E-state index in [0.717, 1.165) is 0 Å². The molecule has 12 aromatic carbocycles. The molecule has 74 heavy (non-hydrogen) atoms. The highest BCUT2D eigenvalue weighted by molar-refractivity contribution is 6.29. The Labute approximate surface area is 429 Å². The minimum atomic E-state index is 0.479. The van der Waals surface area contributed by atoms with Gasteiger partial charge in [-0.05, 0) is 230 Å². The summed E-state index contributed by atoms with van der Waals surface area (Å²) < 4.78 is 5.10. The molecule has 0 aliphatic rings. The van der Waals surface area contributed by atoms with Crippen LogP contribution in [0, 0.1) is 34.6 Å². The molecular weight excluding hydrogens is 893 g/mol. The number of aromatic nitrogens is 2. The van der Waals surface area contributed by atoms with Gasteiger partial charge in [-0.1, -0.05) is 116 Å². The fourth-order valence-electron chi connectivity index (χ4n) is 14.0. The summed E-state index contributed by atoms with van der Waals surface area (Å²) in [6.45, 7) is 15.9. The molecule has 0 unspecified atom stereocenters. The van der Waals surface area contributed by atoms with Crippen molar-refractivity contribution in [2.75, 3.05) is 0 Å². The van der Waals surface area contributed by atoms with E-state index in [1.54, 1.807) is 0 Å². The van der Waals surface area contributed by atoms with Crippen molar-refractivity contribution in [3.05, 3.63) is 215 Å². The van der Waals surface area contributed by atoms with Gasteiger partial charge in [-0.2, -0.15) is 0 Å². The zero-order valence-corrected chi connectivity index (χ0v) is 42.8. The molecule has 0 radical (unpaired) electrons. The summed E-state index contributed by atoms with van der Waals surface area (Å²) in [6.07, 6.45) is 0. The molecule has 16 rings (SSSR count). The monoisotopic (exact) mass is 944 g/mol. The Bertz CT molecular complexity index is 5100. The SMILES string of the molecule is Cc1cc(C)c(-c2cc3c4cc5ccccc5cc4n4c5cc6ccc(-c7ccc8cc9c(cc8c7)c7cc(-c8c(C)cc(C(C)C)cc8C)cc8c%10cc%11ccccc%11cc%10n9c87)cc6cc5c(c2)c34)c(C)c1. The van der Waals surface area contributed by atoms with Crippen LogP contribution in [0.1, 0.15) is 53.1 Å². The first-order valence-corrected chi connectivity index (χ1v) is 26.4. The molecule has 0 atom stereocenters. The number of nitrogens with zero attached hydrogens (tertiary/aromatic N) is 2. The molecule has 0 amide bonds. The van der Waals surface area contributed by atoms with Gasteiger partial charge in [0.1, 0.15) is 0 Å². The molecule has 0 aliphatic heterocycles. The van der Waals surface area contributed by atoms with Crippen LogP contribution in [0.5, 0.6) is 0 Å². The molecule has 0 spiro atoms. The maximum Gasteiger partial charge on any atom is 0.0620 e.